The fourth-order valence-electron chi connectivity index (χ4n) is 2.65. The Morgan fingerprint density at radius 3 is 3.05 bits per heavy atom. The van der Waals surface area contributed by atoms with Gasteiger partial charge in [0, 0.05) is 13.1 Å². The van der Waals surface area contributed by atoms with Crippen LogP contribution in [0.3, 0.4) is 0 Å². The molecule has 1 aromatic carbocycles. The minimum absolute atomic E-state index is 0.0355. The number of aryl methyl sites for hydroxylation is 1. The van der Waals surface area contributed by atoms with E-state index < -0.39 is 0 Å². The molecule has 1 aromatic heterocycles. The zero-order chi connectivity index (χ0) is 15.5. The number of rotatable bonds is 4. The Labute approximate surface area is 133 Å². The molecule has 0 radical (unpaired) electrons. The van der Waals surface area contributed by atoms with Crippen LogP contribution in [0.25, 0.3) is 0 Å². The van der Waals surface area contributed by atoms with Gasteiger partial charge in [0.1, 0.15) is 11.0 Å². The number of nitrogens with one attached hydrogen (secondary N) is 1. The second-order valence-electron chi connectivity index (χ2n) is 5.24. The third kappa shape index (κ3) is 3.10. The van der Waals surface area contributed by atoms with Crippen molar-refractivity contribution in [2.45, 2.75) is 19.5 Å². The molecule has 1 fully saturated rings. The van der Waals surface area contributed by atoms with Crippen LogP contribution in [0.4, 0.5) is 0 Å². The summed E-state index contributed by atoms with van der Waals surface area (Å²) in [4.78, 5) is 14.5. The van der Waals surface area contributed by atoms with Gasteiger partial charge in [-0.3, -0.25) is 9.69 Å². The van der Waals surface area contributed by atoms with Crippen molar-refractivity contribution < 1.29 is 9.53 Å². The fraction of sp³-hybridized carbons (Fsp3) is 0.400. The van der Waals surface area contributed by atoms with Gasteiger partial charge in [0.2, 0.25) is 5.91 Å². The summed E-state index contributed by atoms with van der Waals surface area (Å²) in [6.07, 6.45) is 0. The highest BCUT2D eigenvalue weighted by atomic mass is 32.1. The lowest BCUT2D eigenvalue weighted by atomic mass is 10.0. The summed E-state index contributed by atoms with van der Waals surface area (Å²) in [7, 11) is 1.58. The first-order chi connectivity index (χ1) is 10.7. The topological polar surface area (TPSA) is 67.4 Å². The average Bonchev–Trinajstić information content (AvgIpc) is 2.95. The van der Waals surface area contributed by atoms with Crippen molar-refractivity contribution in [1.29, 1.82) is 0 Å². The predicted molar refractivity (Wildman–Crippen MR) is 83.8 cm³/mol. The van der Waals surface area contributed by atoms with Crippen LogP contribution in [-0.2, 0) is 11.3 Å². The van der Waals surface area contributed by atoms with Crippen LogP contribution in [0.5, 0.6) is 5.19 Å². The number of benzene rings is 1. The molecule has 22 heavy (non-hydrogen) atoms. The van der Waals surface area contributed by atoms with E-state index in [1.165, 1.54) is 11.3 Å². The molecule has 6 nitrogen and oxygen atoms in total. The highest BCUT2D eigenvalue weighted by Crippen LogP contribution is 2.27. The lowest BCUT2D eigenvalue weighted by Crippen LogP contribution is -2.49. The van der Waals surface area contributed by atoms with Gasteiger partial charge in [-0.25, -0.2) is 0 Å². The summed E-state index contributed by atoms with van der Waals surface area (Å²) in [5.74, 6) is 0.0355. The van der Waals surface area contributed by atoms with E-state index in [0.717, 1.165) is 22.7 Å². The van der Waals surface area contributed by atoms with Gasteiger partial charge in [-0.15, -0.1) is 10.2 Å². The first-order valence-corrected chi connectivity index (χ1v) is 7.93. The maximum Gasteiger partial charge on any atom is 0.293 e. The number of nitrogens with zero attached hydrogens (tertiary/aromatic N) is 3. The maximum absolute atomic E-state index is 12.4. The summed E-state index contributed by atoms with van der Waals surface area (Å²) in [6.45, 7) is 4.06. The van der Waals surface area contributed by atoms with Crippen LogP contribution in [0.2, 0.25) is 0 Å². The number of carbonyl (C=O) groups excluding carboxylic acids is 1. The monoisotopic (exact) mass is 318 g/mol. The first kappa shape index (κ1) is 14.9. The molecule has 1 amide bonds. The van der Waals surface area contributed by atoms with Gasteiger partial charge in [0.05, 0.1) is 13.7 Å². The van der Waals surface area contributed by atoms with Gasteiger partial charge >= 0.3 is 0 Å². The summed E-state index contributed by atoms with van der Waals surface area (Å²) >= 11 is 1.41. The summed E-state index contributed by atoms with van der Waals surface area (Å²) in [5.41, 5.74) is 2.15. The molecule has 1 atom stereocenters. The molecule has 0 spiro atoms. The number of carbonyl (C=O) groups is 1. The normalized spacial score (nSPS) is 19.0. The van der Waals surface area contributed by atoms with E-state index in [0.29, 0.717) is 18.3 Å². The molecule has 1 aliphatic heterocycles. The predicted octanol–water partition coefficient (Wildman–Crippen LogP) is 1.53. The van der Waals surface area contributed by atoms with Crippen LogP contribution in [-0.4, -0.2) is 41.2 Å². The minimum atomic E-state index is -0.288. The Hall–Kier alpha value is -1.99. The van der Waals surface area contributed by atoms with Crippen LogP contribution in [0, 0.1) is 6.92 Å². The third-order valence-corrected chi connectivity index (χ3v) is 4.50. The Morgan fingerprint density at radius 1 is 1.45 bits per heavy atom. The van der Waals surface area contributed by atoms with Gasteiger partial charge in [0.15, 0.2) is 0 Å². The van der Waals surface area contributed by atoms with Gasteiger partial charge in [-0.05, 0) is 12.5 Å². The number of aromatic nitrogens is 2. The molecular weight excluding hydrogens is 300 g/mol. The molecule has 1 aliphatic rings. The first-order valence-electron chi connectivity index (χ1n) is 7.12. The van der Waals surface area contributed by atoms with Crippen LogP contribution < -0.4 is 10.1 Å². The molecule has 3 rings (SSSR count). The minimum Gasteiger partial charge on any atom is -0.472 e. The third-order valence-electron chi connectivity index (χ3n) is 3.63. The molecule has 116 valence electrons. The molecule has 0 bridgehead atoms. The highest BCUT2D eigenvalue weighted by molar-refractivity contribution is 7.13. The van der Waals surface area contributed by atoms with Gasteiger partial charge in [-0.1, -0.05) is 41.2 Å². The second kappa shape index (κ2) is 6.41. The second-order valence-corrected chi connectivity index (χ2v) is 6.27. The standard InChI is InChI=1S/C15H18N4O2S/c1-10-4-3-5-11(8-10)13-14(20)16-6-7-19(13)9-12-17-18-15(21-2)22-12/h3-5,8,13H,6-7,9H2,1-2H3,(H,16,20). The van der Waals surface area contributed by atoms with E-state index in [4.69, 9.17) is 4.74 Å². The molecule has 0 aliphatic carbocycles. The highest BCUT2D eigenvalue weighted by Gasteiger charge is 2.31. The van der Waals surface area contributed by atoms with Crippen molar-refractivity contribution in [3.05, 3.63) is 40.4 Å². The lowest BCUT2D eigenvalue weighted by Gasteiger charge is -2.34. The number of ether oxygens (including phenoxy) is 1. The molecule has 2 heterocycles. The van der Waals surface area contributed by atoms with Gasteiger partial charge < -0.3 is 10.1 Å². The van der Waals surface area contributed by atoms with Gasteiger partial charge in [-0.2, -0.15) is 0 Å². The number of hydrogen-bond acceptors (Lipinski definition) is 6. The van der Waals surface area contributed by atoms with Crippen molar-refractivity contribution >= 4 is 17.2 Å². The quantitative estimate of drug-likeness (QED) is 0.926. The van der Waals surface area contributed by atoms with Crippen molar-refractivity contribution in [2.24, 2.45) is 0 Å². The van der Waals surface area contributed by atoms with Crippen molar-refractivity contribution in [1.82, 2.24) is 20.4 Å². The molecule has 0 saturated carbocycles. The van der Waals surface area contributed by atoms with Crippen molar-refractivity contribution in [3.8, 4) is 5.19 Å². The zero-order valence-corrected chi connectivity index (χ0v) is 13.4. The Bertz CT molecular complexity index is 673. The SMILES string of the molecule is COc1nnc(CN2CCNC(=O)C2c2cccc(C)c2)s1. The van der Waals surface area contributed by atoms with E-state index in [-0.39, 0.29) is 11.9 Å². The van der Waals surface area contributed by atoms with Crippen LogP contribution in [0.1, 0.15) is 22.2 Å². The van der Waals surface area contributed by atoms with Crippen molar-refractivity contribution in [2.75, 3.05) is 20.2 Å². The molecule has 7 heteroatoms. The summed E-state index contributed by atoms with van der Waals surface area (Å²) in [5, 5.41) is 12.4. The Kier molecular flexibility index (Phi) is 4.35. The van der Waals surface area contributed by atoms with Gasteiger partial charge in [0.25, 0.3) is 5.19 Å². The average molecular weight is 318 g/mol. The molecular formula is C15H18N4O2S. The largest absolute Gasteiger partial charge is 0.472 e. The van der Waals surface area contributed by atoms with E-state index in [2.05, 4.69) is 26.5 Å². The Morgan fingerprint density at radius 2 is 2.32 bits per heavy atom. The number of amides is 1. The number of hydrogen-bond donors (Lipinski definition) is 1. The fourth-order valence-corrected chi connectivity index (χ4v) is 3.32. The number of piperazine rings is 1. The smallest absolute Gasteiger partial charge is 0.293 e. The molecule has 1 unspecified atom stereocenters. The van der Waals surface area contributed by atoms with E-state index in [1.54, 1.807) is 7.11 Å². The van der Waals surface area contributed by atoms with Crippen molar-refractivity contribution in [3.63, 3.8) is 0 Å². The van der Waals surface area contributed by atoms with Crippen LogP contribution in [0.15, 0.2) is 24.3 Å². The Balaban J connectivity index is 1.85. The molecule has 1 saturated heterocycles. The maximum atomic E-state index is 12.4. The number of methoxy groups -OCH3 is 1. The summed E-state index contributed by atoms with van der Waals surface area (Å²) in [6, 6.07) is 7.78. The molecule has 1 N–H and O–H groups in total. The molecule has 2 aromatic rings. The zero-order valence-electron chi connectivity index (χ0n) is 12.6. The lowest BCUT2D eigenvalue weighted by molar-refractivity contribution is -0.129. The van der Waals surface area contributed by atoms with E-state index >= 15 is 0 Å². The van der Waals surface area contributed by atoms with Crippen LogP contribution >= 0.6 is 11.3 Å². The summed E-state index contributed by atoms with van der Waals surface area (Å²) < 4.78 is 5.08. The van der Waals surface area contributed by atoms with E-state index in [1.807, 2.05) is 25.1 Å². The van der Waals surface area contributed by atoms with E-state index in [9.17, 15) is 4.79 Å².